The Morgan fingerprint density at radius 3 is 2.55 bits per heavy atom. The second-order valence-corrected chi connectivity index (χ2v) is 6.96. The van der Waals surface area contributed by atoms with E-state index >= 15 is 0 Å². The third kappa shape index (κ3) is 3.14. The van der Waals surface area contributed by atoms with Crippen molar-refractivity contribution in [2.75, 3.05) is 5.73 Å². The third-order valence-corrected chi connectivity index (χ3v) is 3.83. The summed E-state index contributed by atoms with van der Waals surface area (Å²) in [5.41, 5.74) is 11.1. The van der Waals surface area contributed by atoms with Crippen molar-refractivity contribution < 1.29 is 4.42 Å². The number of para-hydroxylation sites is 2. The lowest BCUT2D eigenvalue weighted by Gasteiger charge is -2.18. The summed E-state index contributed by atoms with van der Waals surface area (Å²) in [5.74, 6) is 0.621. The van der Waals surface area contributed by atoms with E-state index in [1.165, 1.54) is 5.56 Å². The lowest BCUT2D eigenvalue weighted by atomic mass is 9.88. The summed E-state index contributed by atoms with van der Waals surface area (Å²) >= 11 is 0. The fourth-order valence-electron chi connectivity index (χ4n) is 2.46. The molecule has 0 unspecified atom stereocenters. The van der Waals surface area contributed by atoms with Gasteiger partial charge in [-0.05, 0) is 48.1 Å². The van der Waals surface area contributed by atoms with E-state index in [2.05, 4.69) is 31.8 Å². The molecule has 22 heavy (non-hydrogen) atoms. The van der Waals surface area contributed by atoms with Gasteiger partial charge in [-0.15, -0.1) is 0 Å². The van der Waals surface area contributed by atoms with Gasteiger partial charge in [-0.3, -0.25) is 0 Å². The molecule has 0 radical (unpaired) electrons. The summed E-state index contributed by atoms with van der Waals surface area (Å²) < 4.78 is 5.80. The van der Waals surface area contributed by atoms with Gasteiger partial charge >= 0.3 is 0 Å². The van der Waals surface area contributed by atoms with Crippen molar-refractivity contribution in [1.82, 2.24) is 4.98 Å². The molecule has 3 nitrogen and oxygen atoms in total. The molecule has 0 aliphatic rings. The molecule has 0 saturated heterocycles. The smallest absolute Gasteiger partial charge is 0.227 e. The molecule has 0 atom stereocenters. The van der Waals surface area contributed by atoms with Gasteiger partial charge < -0.3 is 10.2 Å². The molecule has 0 spiro atoms. The predicted octanol–water partition coefficient (Wildman–Crippen LogP) is 5.06. The van der Waals surface area contributed by atoms with Crippen LogP contribution in [-0.4, -0.2) is 4.98 Å². The molecule has 0 aliphatic heterocycles. The predicted molar refractivity (Wildman–Crippen MR) is 91.6 cm³/mol. The number of benzene rings is 2. The van der Waals surface area contributed by atoms with Crippen LogP contribution in [0.5, 0.6) is 0 Å². The number of anilines is 1. The fraction of sp³-hybridized carbons (Fsp3) is 0.316. The largest absolute Gasteiger partial charge is 0.436 e. The minimum atomic E-state index is 0.311. The van der Waals surface area contributed by atoms with E-state index in [1.54, 1.807) is 0 Å². The second-order valence-electron chi connectivity index (χ2n) is 6.96. The van der Waals surface area contributed by atoms with E-state index in [0.29, 0.717) is 11.3 Å². The van der Waals surface area contributed by atoms with Crippen LogP contribution in [0.1, 0.15) is 32.8 Å². The third-order valence-electron chi connectivity index (χ3n) is 3.83. The highest BCUT2D eigenvalue weighted by atomic mass is 16.3. The Hall–Kier alpha value is -2.29. The lowest BCUT2D eigenvalue weighted by molar-refractivity contribution is 0.378. The van der Waals surface area contributed by atoms with Crippen LogP contribution < -0.4 is 5.73 Å². The quantitative estimate of drug-likeness (QED) is 0.687. The van der Waals surface area contributed by atoms with Gasteiger partial charge in [0.2, 0.25) is 5.89 Å². The molecule has 0 bridgehead atoms. The highest BCUT2D eigenvalue weighted by molar-refractivity contribution is 5.76. The van der Waals surface area contributed by atoms with Crippen molar-refractivity contribution in [3.05, 3.63) is 48.0 Å². The maximum absolute atomic E-state index is 6.21. The Labute approximate surface area is 131 Å². The van der Waals surface area contributed by atoms with Crippen LogP contribution in [0.2, 0.25) is 0 Å². The van der Waals surface area contributed by atoms with Crippen LogP contribution in [0.25, 0.3) is 22.6 Å². The van der Waals surface area contributed by atoms with Gasteiger partial charge in [0, 0.05) is 11.3 Å². The Balaban J connectivity index is 1.88. The average Bonchev–Trinajstić information content (AvgIpc) is 2.89. The van der Waals surface area contributed by atoms with Gasteiger partial charge in [0.05, 0.1) is 0 Å². The fourth-order valence-corrected chi connectivity index (χ4v) is 2.46. The van der Waals surface area contributed by atoms with Gasteiger partial charge in [-0.1, -0.05) is 39.0 Å². The van der Waals surface area contributed by atoms with Gasteiger partial charge in [0.15, 0.2) is 5.58 Å². The molecular formula is C19H22N2O. The highest BCUT2D eigenvalue weighted by Gasteiger charge is 2.13. The van der Waals surface area contributed by atoms with E-state index in [0.717, 1.165) is 35.2 Å². The molecule has 3 heteroatoms. The van der Waals surface area contributed by atoms with E-state index in [1.807, 2.05) is 36.4 Å². The number of fused-ring (bicyclic) bond motifs is 1. The maximum Gasteiger partial charge on any atom is 0.227 e. The number of rotatable bonds is 3. The summed E-state index contributed by atoms with van der Waals surface area (Å²) in [5, 5.41) is 0. The standard InChI is InChI=1S/C19H22N2O/c1-19(2,3)11-10-13-8-9-14(12-15(13)20)18-21-16-6-4-5-7-17(16)22-18/h4-9,12H,10-11,20H2,1-3H3. The summed E-state index contributed by atoms with van der Waals surface area (Å²) in [6.45, 7) is 6.74. The maximum atomic E-state index is 6.21. The number of nitrogens with zero attached hydrogens (tertiary/aromatic N) is 1. The molecule has 1 aromatic heterocycles. The molecule has 114 valence electrons. The number of nitrogen functional groups attached to an aromatic ring is 1. The first-order valence-electron chi connectivity index (χ1n) is 7.67. The summed E-state index contributed by atoms with van der Waals surface area (Å²) in [6.07, 6.45) is 2.10. The highest BCUT2D eigenvalue weighted by Crippen LogP contribution is 2.29. The van der Waals surface area contributed by atoms with Crippen molar-refractivity contribution in [2.45, 2.75) is 33.6 Å². The molecule has 2 aromatic carbocycles. The molecule has 0 aliphatic carbocycles. The number of aromatic nitrogens is 1. The Morgan fingerprint density at radius 2 is 1.86 bits per heavy atom. The monoisotopic (exact) mass is 294 g/mol. The van der Waals surface area contributed by atoms with Crippen molar-refractivity contribution in [2.24, 2.45) is 5.41 Å². The van der Waals surface area contributed by atoms with Crippen molar-refractivity contribution in [3.8, 4) is 11.5 Å². The molecule has 0 fully saturated rings. The van der Waals surface area contributed by atoms with Crippen LogP contribution in [0.15, 0.2) is 46.9 Å². The molecule has 0 saturated carbocycles. The molecule has 0 amide bonds. The first-order chi connectivity index (χ1) is 10.4. The molecular weight excluding hydrogens is 272 g/mol. The SMILES string of the molecule is CC(C)(C)CCc1ccc(-c2nc3ccccc3o2)cc1N. The van der Waals surface area contributed by atoms with Gasteiger partial charge in [0.25, 0.3) is 0 Å². The molecule has 1 heterocycles. The number of oxazole rings is 1. The van der Waals surface area contributed by atoms with Gasteiger partial charge in [-0.2, -0.15) is 0 Å². The zero-order valence-electron chi connectivity index (χ0n) is 13.4. The molecule has 3 aromatic rings. The van der Waals surface area contributed by atoms with Crippen LogP contribution in [0.3, 0.4) is 0 Å². The first-order valence-corrected chi connectivity index (χ1v) is 7.67. The van der Waals surface area contributed by atoms with Crippen LogP contribution in [0, 0.1) is 5.41 Å². The second kappa shape index (κ2) is 5.48. The van der Waals surface area contributed by atoms with Crippen LogP contribution in [0.4, 0.5) is 5.69 Å². The topological polar surface area (TPSA) is 52.0 Å². The Kier molecular flexibility index (Phi) is 3.65. The summed E-state index contributed by atoms with van der Waals surface area (Å²) in [7, 11) is 0. The van der Waals surface area contributed by atoms with E-state index < -0.39 is 0 Å². The van der Waals surface area contributed by atoms with E-state index in [4.69, 9.17) is 10.2 Å². The molecule has 3 rings (SSSR count). The van der Waals surface area contributed by atoms with Crippen LogP contribution >= 0.6 is 0 Å². The average molecular weight is 294 g/mol. The summed E-state index contributed by atoms with van der Waals surface area (Å²) in [6, 6.07) is 13.9. The number of nitrogens with two attached hydrogens (primary N) is 1. The van der Waals surface area contributed by atoms with E-state index in [-0.39, 0.29) is 0 Å². The summed E-state index contributed by atoms with van der Waals surface area (Å²) in [4.78, 5) is 4.52. The zero-order chi connectivity index (χ0) is 15.7. The first kappa shape index (κ1) is 14.6. The van der Waals surface area contributed by atoms with Gasteiger partial charge in [0.1, 0.15) is 5.52 Å². The number of hydrogen-bond donors (Lipinski definition) is 1. The van der Waals surface area contributed by atoms with Gasteiger partial charge in [-0.25, -0.2) is 4.98 Å². The minimum absolute atomic E-state index is 0.311. The molecule has 2 N–H and O–H groups in total. The normalized spacial score (nSPS) is 12.0. The van der Waals surface area contributed by atoms with E-state index in [9.17, 15) is 0 Å². The van der Waals surface area contributed by atoms with Crippen molar-refractivity contribution >= 4 is 16.8 Å². The van der Waals surface area contributed by atoms with Crippen LogP contribution in [-0.2, 0) is 6.42 Å². The Bertz CT molecular complexity index is 764. The minimum Gasteiger partial charge on any atom is -0.436 e. The zero-order valence-corrected chi connectivity index (χ0v) is 13.4. The lowest BCUT2D eigenvalue weighted by Crippen LogP contribution is -2.07. The Morgan fingerprint density at radius 1 is 1.09 bits per heavy atom. The van der Waals surface area contributed by atoms with Crippen molar-refractivity contribution in [1.29, 1.82) is 0 Å². The number of aryl methyl sites for hydroxylation is 1. The number of hydrogen-bond acceptors (Lipinski definition) is 3. The van der Waals surface area contributed by atoms with Crippen molar-refractivity contribution in [3.63, 3.8) is 0 Å².